The molecular formula is C9H12N2OS. The standard InChI is InChI=1S/C9H12N2OS/c10-11-9(12)6-3-7-1-4-8(13)5-2-7/h1-2,4-5,13H,3,6,10H2,(H,11,12). The van der Waals surface area contributed by atoms with Gasteiger partial charge in [0.05, 0.1) is 0 Å². The fraction of sp³-hybridized carbons (Fsp3) is 0.222. The Bertz CT molecular complexity index is 284. The van der Waals surface area contributed by atoms with Crippen LogP contribution >= 0.6 is 12.6 Å². The van der Waals surface area contributed by atoms with Crippen molar-refractivity contribution in [1.82, 2.24) is 5.43 Å². The minimum absolute atomic E-state index is 0.144. The third kappa shape index (κ3) is 3.48. The predicted octanol–water partition coefficient (Wildman–Crippen LogP) is 0.898. The van der Waals surface area contributed by atoms with Crippen molar-refractivity contribution in [2.45, 2.75) is 17.7 Å². The van der Waals surface area contributed by atoms with Crippen molar-refractivity contribution < 1.29 is 4.79 Å². The van der Waals surface area contributed by atoms with Gasteiger partial charge >= 0.3 is 0 Å². The lowest BCUT2D eigenvalue weighted by atomic mass is 10.1. The fourth-order valence-electron chi connectivity index (χ4n) is 0.993. The van der Waals surface area contributed by atoms with Gasteiger partial charge in [-0.05, 0) is 24.1 Å². The molecule has 0 aliphatic carbocycles. The molecule has 1 aromatic carbocycles. The maximum Gasteiger partial charge on any atom is 0.234 e. The van der Waals surface area contributed by atoms with Crippen LogP contribution < -0.4 is 11.3 Å². The molecule has 0 unspecified atom stereocenters. The molecule has 3 N–H and O–H groups in total. The van der Waals surface area contributed by atoms with E-state index in [-0.39, 0.29) is 5.91 Å². The molecule has 0 heterocycles. The van der Waals surface area contributed by atoms with Crippen LogP contribution in [0.4, 0.5) is 0 Å². The van der Waals surface area contributed by atoms with E-state index < -0.39 is 0 Å². The number of amides is 1. The van der Waals surface area contributed by atoms with Crippen LogP contribution in [-0.4, -0.2) is 5.91 Å². The molecule has 0 spiro atoms. The molecule has 0 aromatic heterocycles. The molecular weight excluding hydrogens is 184 g/mol. The smallest absolute Gasteiger partial charge is 0.234 e. The van der Waals surface area contributed by atoms with Crippen LogP contribution in [-0.2, 0) is 11.2 Å². The number of carbonyl (C=O) groups excluding carboxylic acids is 1. The van der Waals surface area contributed by atoms with Crippen LogP contribution in [0.15, 0.2) is 29.2 Å². The zero-order chi connectivity index (χ0) is 9.68. The number of nitrogens with two attached hydrogens (primary N) is 1. The van der Waals surface area contributed by atoms with Gasteiger partial charge in [0, 0.05) is 11.3 Å². The van der Waals surface area contributed by atoms with Gasteiger partial charge in [0.2, 0.25) is 5.91 Å². The van der Waals surface area contributed by atoms with E-state index in [1.165, 1.54) is 0 Å². The molecule has 0 bridgehead atoms. The van der Waals surface area contributed by atoms with Crippen molar-refractivity contribution in [2.75, 3.05) is 0 Å². The quantitative estimate of drug-likeness (QED) is 0.291. The Hall–Kier alpha value is -1.00. The van der Waals surface area contributed by atoms with E-state index in [0.29, 0.717) is 12.8 Å². The van der Waals surface area contributed by atoms with Gasteiger partial charge in [0.15, 0.2) is 0 Å². The van der Waals surface area contributed by atoms with Gasteiger partial charge in [0.25, 0.3) is 0 Å². The number of hydrogen-bond donors (Lipinski definition) is 3. The summed E-state index contributed by atoms with van der Waals surface area (Å²) in [5.74, 6) is 4.80. The maximum atomic E-state index is 10.8. The van der Waals surface area contributed by atoms with E-state index >= 15 is 0 Å². The molecule has 4 heteroatoms. The van der Waals surface area contributed by atoms with Crippen LogP contribution in [0.25, 0.3) is 0 Å². The molecule has 1 amide bonds. The number of carbonyl (C=O) groups is 1. The molecule has 0 aliphatic rings. The van der Waals surface area contributed by atoms with Crippen molar-refractivity contribution in [3.63, 3.8) is 0 Å². The molecule has 0 saturated heterocycles. The highest BCUT2D eigenvalue weighted by Gasteiger charge is 1.98. The second-order valence-corrected chi connectivity index (χ2v) is 3.25. The van der Waals surface area contributed by atoms with Crippen LogP contribution in [0.5, 0.6) is 0 Å². The van der Waals surface area contributed by atoms with E-state index in [4.69, 9.17) is 5.84 Å². The lowest BCUT2D eigenvalue weighted by molar-refractivity contribution is -0.121. The Morgan fingerprint density at radius 2 is 2.00 bits per heavy atom. The summed E-state index contributed by atoms with van der Waals surface area (Å²) in [6.45, 7) is 0. The first-order valence-corrected chi connectivity index (χ1v) is 4.44. The third-order valence-electron chi connectivity index (χ3n) is 1.74. The molecule has 0 aliphatic heterocycles. The van der Waals surface area contributed by atoms with Crippen molar-refractivity contribution in [3.05, 3.63) is 29.8 Å². The lowest BCUT2D eigenvalue weighted by Gasteiger charge is -2.00. The van der Waals surface area contributed by atoms with Crippen LogP contribution in [0.3, 0.4) is 0 Å². The summed E-state index contributed by atoms with van der Waals surface area (Å²) in [6.07, 6.45) is 1.12. The number of aryl methyl sites for hydroxylation is 1. The summed E-state index contributed by atoms with van der Waals surface area (Å²) < 4.78 is 0. The number of rotatable bonds is 3. The summed E-state index contributed by atoms with van der Waals surface area (Å²) in [7, 11) is 0. The first-order chi connectivity index (χ1) is 6.22. The summed E-state index contributed by atoms with van der Waals surface area (Å²) in [5, 5.41) is 0. The van der Waals surface area contributed by atoms with E-state index in [2.05, 4.69) is 18.1 Å². The average Bonchev–Trinajstić information content (AvgIpc) is 2.16. The zero-order valence-electron chi connectivity index (χ0n) is 7.16. The fourth-order valence-corrected chi connectivity index (χ4v) is 1.14. The van der Waals surface area contributed by atoms with Crippen molar-refractivity contribution in [1.29, 1.82) is 0 Å². The molecule has 1 aromatic rings. The van der Waals surface area contributed by atoms with E-state index in [1.54, 1.807) is 0 Å². The second-order valence-electron chi connectivity index (χ2n) is 2.73. The third-order valence-corrected chi connectivity index (χ3v) is 2.04. The van der Waals surface area contributed by atoms with Crippen LogP contribution in [0.2, 0.25) is 0 Å². The zero-order valence-corrected chi connectivity index (χ0v) is 8.05. The maximum absolute atomic E-state index is 10.8. The second kappa shape index (κ2) is 4.89. The monoisotopic (exact) mass is 196 g/mol. The van der Waals surface area contributed by atoms with Gasteiger partial charge < -0.3 is 0 Å². The van der Waals surface area contributed by atoms with Crippen molar-refractivity contribution >= 4 is 18.5 Å². The molecule has 0 radical (unpaired) electrons. The predicted molar refractivity (Wildman–Crippen MR) is 54.3 cm³/mol. The topological polar surface area (TPSA) is 55.1 Å². The van der Waals surface area contributed by atoms with Crippen LogP contribution in [0.1, 0.15) is 12.0 Å². The molecule has 13 heavy (non-hydrogen) atoms. The Morgan fingerprint density at radius 1 is 1.38 bits per heavy atom. The normalized spacial score (nSPS) is 9.69. The number of thiol groups is 1. The number of hydrazine groups is 1. The molecule has 70 valence electrons. The minimum Gasteiger partial charge on any atom is -0.294 e. The SMILES string of the molecule is NNC(=O)CCc1ccc(S)cc1. The van der Waals surface area contributed by atoms with Gasteiger partial charge in [-0.25, -0.2) is 5.84 Å². The largest absolute Gasteiger partial charge is 0.294 e. The van der Waals surface area contributed by atoms with Gasteiger partial charge in [-0.15, -0.1) is 12.6 Å². The van der Waals surface area contributed by atoms with Gasteiger partial charge in [-0.3, -0.25) is 10.2 Å². The first-order valence-electron chi connectivity index (χ1n) is 3.99. The Morgan fingerprint density at radius 3 is 2.54 bits per heavy atom. The summed E-state index contributed by atoms with van der Waals surface area (Å²) in [5.41, 5.74) is 3.20. The highest BCUT2D eigenvalue weighted by Crippen LogP contribution is 2.09. The Kier molecular flexibility index (Phi) is 3.79. The highest BCUT2D eigenvalue weighted by molar-refractivity contribution is 7.80. The van der Waals surface area contributed by atoms with Crippen LogP contribution in [0, 0.1) is 0 Å². The molecule has 0 saturated carbocycles. The van der Waals surface area contributed by atoms with Gasteiger partial charge in [0.1, 0.15) is 0 Å². The molecule has 1 rings (SSSR count). The first kappa shape index (κ1) is 10.1. The Balaban J connectivity index is 2.46. The van der Waals surface area contributed by atoms with Gasteiger partial charge in [-0.2, -0.15) is 0 Å². The summed E-state index contributed by atoms with van der Waals surface area (Å²) in [6, 6.07) is 7.70. The van der Waals surface area contributed by atoms with Gasteiger partial charge in [-0.1, -0.05) is 12.1 Å². The lowest BCUT2D eigenvalue weighted by Crippen LogP contribution is -2.30. The summed E-state index contributed by atoms with van der Waals surface area (Å²) >= 11 is 4.16. The molecule has 3 nitrogen and oxygen atoms in total. The number of nitrogens with one attached hydrogen (secondary N) is 1. The summed E-state index contributed by atoms with van der Waals surface area (Å²) in [4.78, 5) is 11.7. The van der Waals surface area contributed by atoms with E-state index in [0.717, 1.165) is 10.5 Å². The molecule has 0 fully saturated rings. The molecule has 0 atom stereocenters. The number of benzene rings is 1. The van der Waals surface area contributed by atoms with E-state index in [1.807, 2.05) is 24.3 Å². The minimum atomic E-state index is -0.144. The Labute approximate surface area is 82.7 Å². The van der Waals surface area contributed by atoms with Crippen molar-refractivity contribution in [3.8, 4) is 0 Å². The van der Waals surface area contributed by atoms with E-state index in [9.17, 15) is 4.79 Å². The highest BCUT2D eigenvalue weighted by atomic mass is 32.1. The van der Waals surface area contributed by atoms with Crippen molar-refractivity contribution in [2.24, 2.45) is 5.84 Å². The number of hydrogen-bond acceptors (Lipinski definition) is 3. The average molecular weight is 196 g/mol.